The van der Waals surface area contributed by atoms with Gasteiger partial charge in [-0.15, -0.1) is 0 Å². The molecule has 0 aliphatic carbocycles. The van der Waals surface area contributed by atoms with Crippen LogP contribution in [0.15, 0.2) is 78.9 Å². The summed E-state index contributed by atoms with van der Waals surface area (Å²) in [5, 5.41) is 6.21. The van der Waals surface area contributed by atoms with Gasteiger partial charge >= 0.3 is 0 Å². The van der Waals surface area contributed by atoms with E-state index in [0.29, 0.717) is 23.0 Å². The fraction of sp³-hybridized carbons (Fsp3) is 0. The third-order valence-electron chi connectivity index (χ3n) is 4.93. The van der Waals surface area contributed by atoms with Gasteiger partial charge in [-0.2, -0.15) is 0 Å². The second-order valence-electron chi connectivity index (χ2n) is 6.95. The van der Waals surface area contributed by atoms with Gasteiger partial charge < -0.3 is 11.1 Å². The molecular weight excluding hydrogens is 399 g/mol. The van der Waals surface area contributed by atoms with Crippen molar-refractivity contribution in [2.45, 2.75) is 0 Å². The smallest absolute Gasteiger partial charge is 0.162 e. The normalized spacial score (nSPS) is 11.1. The number of anilines is 3. The Labute approximate surface area is 177 Å². The number of hydrogen-bond donors (Lipinski definition) is 2. The Bertz CT molecular complexity index is 1410. The molecule has 3 N–H and O–H groups in total. The molecule has 4 aromatic carbocycles. The molecule has 0 saturated heterocycles. The maximum Gasteiger partial charge on any atom is 0.162 e. The minimum absolute atomic E-state index is 0.0344. The van der Waals surface area contributed by atoms with Gasteiger partial charge in [-0.05, 0) is 47.2 Å². The summed E-state index contributed by atoms with van der Waals surface area (Å²) < 4.78 is 13.6. The van der Waals surface area contributed by atoms with E-state index in [1.807, 2.05) is 42.5 Å². The third kappa shape index (κ3) is 3.29. The highest BCUT2D eigenvalue weighted by Gasteiger charge is 2.13. The lowest BCUT2D eigenvalue weighted by atomic mass is 10.0. The Hall–Kier alpha value is -3.70. The molecule has 5 aromatic rings. The second kappa shape index (κ2) is 7.28. The van der Waals surface area contributed by atoms with Crippen LogP contribution in [0.5, 0.6) is 0 Å². The molecule has 5 rings (SSSR count). The summed E-state index contributed by atoms with van der Waals surface area (Å²) in [5.74, 6) is 0.674. The van der Waals surface area contributed by atoms with Crippen LogP contribution in [0.3, 0.4) is 0 Å². The maximum atomic E-state index is 13.6. The highest BCUT2D eigenvalue weighted by molar-refractivity contribution is 6.31. The van der Waals surface area contributed by atoms with Gasteiger partial charge in [-0.1, -0.05) is 54.1 Å². The fourth-order valence-corrected chi connectivity index (χ4v) is 3.67. The van der Waals surface area contributed by atoms with Crippen molar-refractivity contribution in [3.63, 3.8) is 0 Å². The Morgan fingerprint density at radius 2 is 1.67 bits per heavy atom. The van der Waals surface area contributed by atoms with E-state index in [-0.39, 0.29) is 5.02 Å². The zero-order valence-corrected chi connectivity index (χ0v) is 16.5. The summed E-state index contributed by atoms with van der Waals surface area (Å²) in [6.45, 7) is 0. The zero-order chi connectivity index (χ0) is 20.7. The molecule has 0 radical (unpaired) electrons. The SMILES string of the molecule is Nc1ccc2nc(-c3cccc4ccccc34)nc(Nc3ccc(F)c(Cl)c3)c2c1. The quantitative estimate of drug-likeness (QED) is 0.328. The fourth-order valence-electron chi connectivity index (χ4n) is 3.49. The molecule has 0 spiro atoms. The number of nitrogen functional groups attached to an aromatic ring is 1. The summed E-state index contributed by atoms with van der Waals surface area (Å²) in [5.41, 5.74) is 8.89. The van der Waals surface area contributed by atoms with E-state index in [1.165, 1.54) is 12.1 Å². The van der Waals surface area contributed by atoms with Crippen molar-refractivity contribution >= 4 is 50.5 Å². The van der Waals surface area contributed by atoms with Crippen LogP contribution in [0.2, 0.25) is 5.02 Å². The van der Waals surface area contributed by atoms with Crippen molar-refractivity contribution in [1.82, 2.24) is 9.97 Å². The lowest BCUT2D eigenvalue weighted by molar-refractivity contribution is 0.628. The van der Waals surface area contributed by atoms with E-state index >= 15 is 0 Å². The molecule has 30 heavy (non-hydrogen) atoms. The molecule has 6 heteroatoms. The molecule has 146 valence electrons. The third-order valence-corrected chi connectivity index (χ3v) is 5.22. The standard InChI is InChI=1S/C24H16ClFN4/c25-20-13-16(9-10-21(20)26)28-24-19-12-15(27)8-11-22(19)29-23(30-24)18-7-3-5-14-4-1-2-6-17(14)18/h1-13H,27H2,(H,28,29,30). The summed E-state index contributed by atoms with van der Waals surface area (Å²) in [6, 6.07) is 24.1. The highest BCUT2D eigenvalue weighted by atomic mass is 35.5. The van der Waals surface area contributed by atoms with Crippen LogP contribution in [0.4, 0.5) is 21.6 Å². The molecule has 1 aromatic heterocycles. The number of benzene rings is 4. The van der Waals surface area contributed by atoms with Gasteiger partial charge in [-0.25, -0.2) is 14.4 Å². The van der Waals surface area contributed by atoms with Crippen molar-refractivity contribution in [2.24, 2.45) is 0 Å². The summed E-state index contributed by atoms with van der Waals surface area (Å²) >= 11 is 5.95. The number of halogens is 2. The molecule has 0 bridgehead atoms. The Balaban J connectivity index is 1.72. The number of nitrogens with zero attached hydrogens (tertiary/aromatic N) is 2. The zero-order valence-electron chi connectivity index (χ0n) is 15.7. The van der Waals surface area contributed by atoms with Crippen LogP contribution in [-0.2, 0) is 0 Å². The van der Waals surface area contributed by atoms with Gasteiger partial charge in [0.15, 0.2) is 5.82 Å². The molecule has 0 aliphatic heterocycles. The minimum atomic E-state index is -0.476. The first kappa shape index (κ1) is 18.3. The van der Waals surface area contributed by atoms with Crippen LogP contribution in [0.25, 0.3) is 33.1 Å². The molecule has 0 fully saturated rings. The Kier molecular flexibility index (Phi) is 4.45. The van der Waals surface area contributed by atoms with Crippen molar-refractivity contribution in [2.75, 3.05) is 11.1 Å². The molecule has 0 aliphatic rings. The van der Waals surface area contributed by atoms with Gasteiger partial charge in [0, 0.05) is 22.3 Å². The van der Waals surface area contributed by atoms with Crippen molar-refractivity contribution in [3.8, 4) is 11.4 Å². The van der Waals surface area contributed by atoms with E-state index < -0.39 is 5.82 Å². The molecule has 1 heterocycles. The van der Waals surface area contributed by atoms with Crippen LogP contribution in [0, 0.1) is 5.82 Å². The largest absolute Gasteiger partial charge is 0.399 e. The summed E-state index contributed by atoms with van der Waals surface area (Å²) in [6.07, 6.45) is 0. The van der Waals surface area contributed by atoms with E-state index in [2.05, 4.69) is 17.4 Å². The Morgan fingerprint density at radius 3 is 2.53 bits per heavy atom. The predicted octanol–water partition coefficient (Wildman–Crippen LogP) is 6.57. The monoisotopic (exact) mass is 414 g/mol. The first-order valence-electron chi connectivity index (χ1n) is 9.36. The van der Waals surface area contributed by atoms with Gasteiger partial charge in [0.25, 0.3) is 0 Å². The lowest BCUT2D eigenvalue weighted by Gasteiger charge is -2.13. The van der Waals surface area contributed by atoms with E-state index in [9.17, 15) is 4.39 Å². The van der Waals surface area contributed by atoms with E-state index in [1.54, 1.807) is 12.1 Å². The number of fused-ring (bicyclic) bond motifs is 2. The van der Waals surface area contributed by atoms with Crippen LogP contribution < -0.4 is 11.1 Å². The number of rotatable bonds is 3. The van der Waals surface area contributed by atoms with Gasteiger partial charge in [0.2, 0.25) is 0 Å². The first-order chi connectivity index (χ1) is 14.6. The summed E-state index contributed by atoms with van der Waals surface area (Å²) in [7, 11) is 0. The van der Waals surface area contributed by atoms with E-state index in [4.69, 9.17) is 27.3 Å². The van der Waals surface area contributed by atoms with E-state index in [0.717, 1.165) is 27.2 Å². The van der Waals surface area contributed by atoms with Crippen LogP contribution in [0.1, 0.15) is 0 Å². The highest BCUT2D eigenvalue weighted by Crippen LogP contribution is 2.32. The number of nitrogens with two attached hydrogens (primary N) is 1. The number of nitrogens with one attached hydrogen (secondary N) is 1. The molecule has 0 amide bonds. The summed E-state index contributed by atoms with van der Waals surface area (Å²) in [4.78, 5) is 9.57. The lowest BCUT2D eigenvalue weighted by Crippen LogP contribution is -2.00. The second-order valence-corrected chi connectivity index (χ2v) is 7.36. The topological polar surface area (TPSA) is 63.8 Å². The molecule has 4 nitrogen and oxygen atoms in total. The predicted molar refractivity (Wildman–Crippen MR) is 122 cm³/mol. The molecule has 0 atom stereocenters. The maximum absolute atomic E-state index is 13.6. The van der Waals surface area contributed by atoms with Crippen molar-refractivity contribution in [1.29, 1.82) is 0 Å². The molecule has 0 saturated carbocycles. The number of aromatic nitrogens is 2. The first-order valence-corrected chi connectivity index (χ1v) is 9.74. The minimum Gasteiger partial charge on any atom is -0.399 e. The van der Waals surface area contributed by atoms with Crippen molar-refractivity contribution in [3.05, 3.63) is 89.7 Å². The van der Waals surface area contributed by atoms with Gasteiger partial charge in [0.1, 0.15) is 11.6 Å². The van der Waals surface area contributed by atoms with Gasteiger partial charge in [-0.3, -0.25) is 0 Å². The number of hydrogen-bond acceptors (Lipinski definition) is 4. The Morgan fingerprint density at radius 1 is 0.833 bits per heavy atom. The molecule has 0 unspecified atom stereocenters. The van der Waals surface area contributed by atoms with Crippen molar-refractivity contribution < 1.29 is 4.39 Å². The van der Waals surface area contributed by atoms with Crippen LogP contribution in [-0.4, -0.2) is 9.97 Å². The average molecular weight is 415 g/mol. The van der Waals surface area contributed by atoms with Gasteiger partial charge in [0.05, 0.1) is 10.5 Å². The average Bonchev–Trinajstić information content (AvgIpc) is 2.76. The molecular formula is C24H16ClFN4. The van der Waals surface area contributed by atoms with Crippen LogP contribution >= 0.6 is 11.6 Å².